The predicted octanol–water partition coefficient (Wildman–Crippen LogP) is 3.81. The number of methoxy groups -OCH3 is 1. The van der Waals surface area contributed by atoms with Gasteiger partial charge < -0.3 is 4.74 Å². The summed E-state index contributed by atoms with van der Waals surface area (Å²) in [5.74, 6) is -0.430. The number of hydrazine groups is 1. The molecular weight excluding hydrogens is 460 g/mol. The first-order valence-electron chi connectivity index (χ1n) is 8.97. The van der Waals surface area contributed by atoms with Gasteiger partial charge in [-0.25, -0.2) is 8.42 Å². The van der Waals surface area contributed by atoms with Crippen LogP contribution in [-0.4, -0.2) is 26.4 Å². The number of nitrogens with one attached hydrogen (secondary N) is 3. The second-order valence-corrected chi connectivity index (χ2v) is 8.45. The summed E-state index contributed by atoms with van der Waals surface area (Å²) in [5, 5.41) is 11.4. The van der Waals surface area contributed by atoms with Crippen LogP contribution in [0.4, 0.5) is 17.1 Å². The lowest BCUT2D eigenvalue weighted by atomic mass is 10.2. The number of hydrogen-bond acceptors (Lipinski definition) is 7. The first-order chi connectivity index (χ1) is 15.2. The van der Waals surface area contributed by atoms with Crippen molar-refractivity contribution >= 4 is 44.6 Å². The van der Waals surface area contributed by atoms with Crippen molar-refractivity contribution in [3.8, 4) is 5.75 Å². The highest BCUT2D eigenvalue weighted by molar-refractivity contribution is 7.92. The third kappa shape index (κ3) is 5.25. The molecule has 0 saturated heterocycles. The lowest BCUT2D eigenvalue weighted by Crippen LogP contribution is -2.29. The number of anilines is 2. The van der Waals surface area contributed by atoms with Gasteiger partial charge in [0.1, 0.15) is 11.4 Å². The van der Waals surface area contributed by atoms with Crippen LogP contribution < -0.4 is 20.3 Å². The number of carbonyl (C=O) groups is 1. The van der Waals surface area contributed by atoms with Crippen LogP contribution in [0.5, 0.6) is 5.75 Å². The lowest BCUT2D eigenvalue weighted by Gasteiger charge is -2.13. The fourth-order valence-corrected chi connectivity index (χ4v) is 3.98. The molecule has 1 amide bonds. The number of sulfonamides is 1. The minimum atomic E-state index is -4.08. The summed E-state index contributed by atoms with van der Waals surface area (Å²) in [5.41, 5.74) is 4.78. The highest BCUT2D eigenvalue weighted by Crippen LogP contribution is 2.30. The molecule has 0 radical (unpaired) electrons. The normalized spacial score (nSPS) is 10.8. The molecule has 0 fully saturated rings. The van der Waals surface area contributed by atoms with Gasteiger partial charge in [-0.1, -0.05) is 29.8 Å². The average Bonchev–Trinajstić information content (AvgIpc) is 2.77. The Balaban J connectivity index is 1.80. The Morgan fingerprint density at radius 3 is 2.50 bits per heavy atom. The molecule has 0 aromatic heterocycles. The predicted molar refractivity (Wildman–Crippen MR) is 119 cm³/mol. The fourth-order valence-electron chi connectivity index (χ4n) is 2.70. The number of nitro groups is 1. The van der Waals surface area contributed by atoms with E-state index in [0.29, 0.717) is 5.02 Å². The second-order valence-electron chi connectivity index (χ2n) is 6.33. The summed E-state index contributed by atoms with van der Waals surface area (Å²) < 4.78 is 33.2. The quantitative estimate of drug-likeness (QED) is 0.331. The van der Waals surface area contributed by atoms with Crippen molar-refractivity contribution in [2.75, 3.05) is 17.3 Å². The number of hydrogen-bond donors (Lipinski definition) is 3. The summed E-state index contributed by atoms with van der Waals surface area (Å²) in [6.07, 6.45) is 0. The fraction of sp³-hybridized carbons (Fsp3) is 0.0500. The molecule has 166 valence electrons. The Bertz CT molecular complexity index is 1280. The molecule has 3 N–H and O–H groups in total. The maximum Gasteiger partial charge on any atom is 0.294 e. The van der Waals surface area contributed by atoms with Crippen LogP contribution in [0.1, 0.15) is 10.4 Å². The molecule has 0 heterocycles. The topological polar surface area (TPSA) is 140 Å². The van der Waals surface area contributed by atoms with Crippen LogP contribution in [0.3, 0.4) is 0 Å². The molecule has 0 spiro atoms. The summed E-state index contributed by atoms with van der Waals surface area (Å²) in [6.45, 7) is 0. The zero-order valence-electron chi connectivity index (χ0n) is 16.5. The van der Waals surface area contributed by atoms with Gasteiger partial charge >= 0.3 is 0 Å². The van der Waals surface area contributed by atoms with Crippen LogP contribution >= 0.6 is 11.6 Å². The second kappa shape index (κ2) is 9.54. The zero-order valence-corrected chi connectivity index (χ0v) is 18.1. The van der Waals surface area contributed by atoms with Gasteiger partial charge in [-0.05, 0) is 42.5 Å². The maximum atomic E-state index is 12.8. The largest absolute Gasteiger partial charge is 0.495 e. The smallest absolute Gasteiger partial charge is 0.294 e. The number of benzene rings is 3. The lowest BCUT2D eigenvalue weighted by molar-refractivity contribution is -0.384. The van der Waals surface area contributed by atoms with Gasteiger partial charge in [0.15, 0.2) is 0 Å². The average molecular weight is 477 g/mol. The third-order valence-corrected chi connectivity index (χ3v) is 5.82. The number of rotatable bonds is 8. The van der Waals surface area contributed by atoms with Gasteiger partial charge in [-0.15, -0.1) is 0 Å². The molecule has 0 aliphatic carbocycles. The number of para-hydroxylation sites is 2. The van der Waals surface area contributed by atoms with Gasteiger partial charge in [0.25, 0.3) is 21.6 Å². The number of nitrogens with zero attached hydrogens (tertiary/aromatic N) is 1. The Kier molecular flexibility index (Phi) is 6.81. The molecule has 0 bridgehead atoms. The van der Waals surface area contributed by atoms with E-state index in [0.717, 1.165) is 6.07 Å². The molecule has 12 heteroatoms. The van der Waals surface area contributed by atoms with Crippen LogP contribution in [0.25, 0.3) is 0 Å². The number of carbonyl (C=O) groups excluding carboxylic acids is 1. The van der Waals surface area contributed by atoms with Crippen molar-refractivity contribution in [3.63, 3.8) is 0 Å². The van der Waals surface area contributed by atoms with Crippen LogP contribution in [0.15, 0.2) is 71.6 Å². The molecule has 0 saturated carbocycles. The molecule has 0 aliphatic rings. The Labute approximate surface area is 188 Å². The Morgan fingerprint density at radius 1 is 1.03 bits per heavy atom. The molecular formula is C20H17ClN4O6S. The minimum Gasteiger partial charge on any atom is -0.495 e. The van der Waals surface area contributed by atoms with E-state index < -0.39 is 20.9 Å². The van der Waals surface area contributed by atoms with Crippen molar-refractivity contribution in [2.45, 2.75) is 4.90 Å². The van der Waals surface area contributed by atoms with Crippen molar-refractivity contribution in [1.29, 1.82) is 0 Å². The first-order valence-corrected chi connectivity index (χ1v) is 10.8. The molecule has 0 atom stereocenters. The summed E-state index contributed by atoms with van der Waals surface area (Å²) in [6, 6.07) is 15.5. The molecule has 3 rings (SSSR count). The zero-order chi connectivity index (χ0) is 23.3. The van der Waals surface area contributed by atoms with Gasteiger partial charge in [0.05, 0.1) is 22.6 Å². The van der Waals surface area contributed by atoms with Gasteiger partial charge in [-0.3, -0.25) is 30.5 Å². The number of halogens is 1. The van der Waals surface area contributed by atoms with E-state index in [1.165, 1.54) is 55.6 Å². The third-order valence-electron chi connectivity index (χ3n) is 4.22. The molecule has 3 aromatic rings. The SMILES string of the molecule is COc1ccc(Cl)cc1NS(=O)(=O)c1cccc(C(=O)NNc2ccccc2[N+](=O)[O-])c1. The van der Waals surface area contributed by atoms with E-state index in [2.05, 4.69) is 15.6 Å². The number of amides is 1. The molecule has 32 heavy (non-hydrogen) atoms. The van der Waals surface area contributed by atoms with E-state index in [4.69, 9.17) is 16.3 Å². The summed E-state index contributed by atoms with van der Waals surface area (Å²) in [7, 11) is -2.70. The van der Waals surface area contributed by atoms with Crippen molar-refractivity contribution in [1.82, 2.24) is 5.43 Å². The van der Waals surface area contributed by atoms with Crippen molar-refractivity contribution < 1.29 is 22.9 Å². The first kappa shape index (κ1) is 22.8. The molecule has 0 unspecified atom stereocenters. The van der Waals surface area contributed by atoms with E-state index >= 15 is 0 Å². The van der Waals surface area contributed by atoms with E-state index in [1.54, 1.807) is 12.1 Å². The van der Waals surface area contributed by atoms with Crippen molar-refractivity contribution in [2.24, 2.45) is 0 Å². The van der Waals surface area contributed by atoms with E-state index in [-0.39, 0.29) is 33.3 Å². The van der Waals surface area contributed by atoms with Crippen molar-refractivity contribution in [3.05, 3.63) is 87.4 Å². The van der Waals surface area contributed by atoms with Gasteiger partial charge in [-0.2, -0.15) is 0 Å². The van der Waals surface area contributed by atoms with E-state index in [9.17, 15) is 23.3 Å². The van der Waals surface area contributed by atoms with Gasteiger partial charge in [0.2, 0.25) is 0 Å². The molecule has 10 nitrogen and oxygen atoms in total. The van der Waals surface area contributed by atoms with Crippen LogP contribution in [-0.2, 0) is 10.0 Å². The monoisotopic (exact) mass is 476 g/mol. The standard InChI is InChI=1S/C20H17ClN4O6S/c1-31-19-10-9-14(21)12-17(19)24-32(29,30)15-6-4-5-13(11-15)20(26)23-22-16-7-2-3-8-18(16)25(27)28/h2-12,22,24H,1H3,(H,23,26). The Hall–Kier alpha value is -3.83. The molecule has 0 aliphatic heterocycles. The number of ether oxygens (including phenoxy) is 1. The van der Waals surface area contributed by atoms with Gasteiger partial charge in [0, 0.05) is 16.7 Å². The Morgan fingerprint density at radius 2 is 1.78 bits per heavy atom. The van der Waals surface area contributed by atoms with Crippen LogP contribution in [0, 0.1) is 10.1 Å². The highest BCUT2D eigenvalue weighted by atomic mass is 35.5. The van der Waals surface area contributed by atoms with Crippen LogP contribution in [0.2, 0.25) is 5.02 Å². The molecule has 3 aromatic carbocycles. The summed E-state index contributed by atoms with van der Waals surface area (Å²) in [4.78, 5) is 22.8. The highest BCUT2D eigenvalue weighted by Gasteiger charge is 2.19. The van der Waals surface area contributed by atoms with E-state index in [1.807, 2.05) is 0 Å². The maximum absolute atomic E-state index is 12.8. The minimum absolute atomic E-state index is 0.0111. The summed E-state index contributed by atoms with van der Waals surface area (Å²) >= 11 is 5.94. The number of nitro benzene ring substituents is 1.